The van der Waals surface area contributed by atoms with Crippen molar-refractivity contribution in [3.8, 4) is 0 Å². The van der Waals surface area contributed by atoms with E-state index in [1.807, 2.05) is 6.07 Å². The number of piperazine rings is 1. The fourth-order valence-corrected chi connectivity index (χ4v) is 3.08. The van der Waals surface area contributed by atoms with E-state index in [0.29, 0.717) is 24.8 Å². The molecular formula is C20H27N5O2. The number of aromatic nitrogens is 2. The summed E-state index contributed by atoms with van der Waals surface area (Å²) in [7, 11) is 1.65. The number of hydrogen-bond donors (Lipinski definition) is 1. The first-order valence-electron chi connectivity index (χ1n) is 9.37. The first-order valence-corrected chi connectivity index (χ1v) is 9.37. The third kappa shape index (κ3) is 5.74. The molecule has 0 aliphatic carbocycles. The molecule has 144 valence electrons. The minimum absolute atomic E-state index is 0.169. The highest BCUT2D eigenvalue weighted by Gasteiger charge is 2.20. The number of hydrogen-bond acceptors (Lipinski definition) is 6. The normalized spacial score (nSPS) is 14.9. The number of ether oxygens (including phenoxy) is 1. The molecule has 1 amide bonds. The number of methoxy groups -OCH3 is 1. The van der Waals surface area contributed by atoms with E-state index in [-0.39, 0.29) is 5.91 Å². The van der Waals surface area contributed by atoms with Crippen molar-refractivity contribution in [1.82, 2.24) is 20.2 Å². The highest BCUT2D eigenvalue weighted by atomic mass is 16.5. The molecule has 1 aromatic heterocycles. The quantitative estimate of drug-likeness (QED) is 0.712. The number of benzene rings is 1. The van der Waals surface area contributed by atoms with Gasteiger partial charge in [-0.2, -0.15) is 0 Å². The smallest absolute Gasteiger partial charge is 0.270 e. The summed E-state index contributed by atoms with van der Waals surface area (Å²) in [6.07, 6.45) is 2.44. The molecule has 1 saturated heterocycles. The molecule has 2 heterocycles. The summed E-state index contributed by atoms with van der Waals surface area (Å²) < 4.78 is 4.99. The van der Waals surface area contributed by atoms with E-state index in [1.165, 1.54) is 5.56 Å². The van der Waals surface area contributed by atoms with Crippen LogP contribution in [0.5, 0.6) is 0 Å². The average molecular weight is 369 g/mol. The molecule has 0 bridgehead atoms. The van der Waals surface area contributed by atoms with E-state index >= 15 is 0 Å². The van der Waals surface area contributed by atoms with Crippen LogP contribution in [0.3, 0.4) is 0 Å². The third-order valence-electron chi connectivity index (χ3n) is 4.59. The van der Waals surface area contributed by atoms with Crippen LogP contribution in [0, 0.1) is 0 Å². The monoisotopic (exact) mass is 369 g/mol. The molecule has 3 rings (SSSR count). The van der Waals surface area contributed by atoms with Crippen molar-refractivity contribution >= 4 is 11.9 Å². The van der Waals surface area contributed by atoms with Crippen molar-refractivity contribution < 1.29 is 9.53 Å². The largest absolute Gasteiger partial charge is 0.385 e. The van der Waals surface area contributed by atoms with Crippen molar-refractivity contribution in [2.24, 2.45) is 0 Å². The number of nitrogens with zero attached hydrogens (tertiary/aromatic N) is 4. The second-order valence-corrected chi connectivity index (χ2v) is 6.59. The fraction of sp³-hybridized carbons (Fsp3) is 0.450. The molecule has 7 nitrogen and oxygen atoms in total. The summed E-state index contributed by atoms with van der Waals surface area (Å²) in [6.45, 7) is 5.76. The van der Waals surface area contributed by atoms with Gasteiger partial charge in [-0.1, -0.05) is 30.3 Å². The van der Waals surface area contributed by atoms with Crippen molar-refractivity contribution in [1.29, 1.82) is 0 Å². The lowest BCUT2D eigenvalue weighted by molar-refractivity contribution is 0.0943. The van der Waals surface area contributed by atoms with Gasteiger partial charge in [-0.05, 0) is 18.1 Å². The molecule has 1 fully saturated rings. The highest BCUT2D eigenvalue weighted by Crippen LogP contribution is 2.13. The van der Waals surface area contributed by atoms with Gasteiger partial charge in [0, 0.05) is 59.2 Å². The summed E-state index contributed by atoms with van der Waals surface area (Å²) in [5, 5.41) is 2.86. The van der Waals surface area contributed by atoms with Gasteiger partial charge in [0.05, 0.1) is 0 Å². The zero-order chi connectivity index (χ0) is 18.9. The van der Waals surface area contributed by atoms with Crippen LogP contribution in [-0.2, 0) is 11.3 Å². The maximum atomic E-state index is 12.2. The zero-order valence-corrected chi connectivity index (χ0v) is 15.8. The van der Waals surface area contributed by atoms with Crippen LogP contribution in [0.1, 0.15) is 22.5 Å². The molecule has 2 aromatic rings. The molecule has 1 aliphatic heterocycles. The maximum absolute atomic E-state index is 12.2. The molecule has 27 heavy (non-hydrogen) atoms. The Hall–Kier alpha value is -2.51. The lowest BCUT2D eigenvalue weighted by Gasteiger charge is -2.34. The van der Waals surface area contributed by atoms with E-state index in [2.05, 4.69) is 49.4 Å². The number of anilines is 1. The minimum Gasteiger partial charge on any atom is -0.385 e. The number of nitrogens with one attached hydrogen (secondary N) is 1. The highest BCUT2D eigenvalue weighted by molar-refractivity contribution is 5.92. The Morgan fingerprint density at radius 1 is 1.15 bits per heavy atom. The second-order valence-electron chi connectivity index (χ2n) is 6.59. The summed E-state index contributed by atoms with van der Waals surface area (Å²) in [5.74, 6) is 0.455. The van der Waals surface area contributed by atoms with E-state index in [9.17, 15) is 4.79 Å². The molecule has 1 N–H and O–H groups in total. The summed E-state index contributed by atoms with van der Waals surface area (Å²) in [5.41, 5.74) is 1.73. The zero-order valence-electron chi connectivity index (χ0n) is 15.8. The Morgan fingerprint density at radius 2 is 1.93 bits per heavy atom. The summed E-state index contributed by atoms with van der Waals surface area (Å²) in [6, 6.07) is 12.2. The van der Waals surface area contributed by atoms with Crippen LogP contribution in [0.2, 0.25) is 0 Å². The molecular weight excluding hydrogens is 342 g/mol. The van der Waals surface area contributed by atoms with Crippen molar-refractivity contribution in [2.45, 2.75) is 13.0 Å². The van der Waals surface area contributed by atoms with Crippen LogP contribution in [0.4, 0.5) is 5.95 Å². The van der Waals surface area contributed by atoms with Gasteiger partial charge in [0.1, 0.15) is 5.69 Å². The third-order valence-corrected chi connectivity index (χ3v) is 4.59. The number of carbonyl (C=O) groups excluding carboxylic acids is 1. The van der Waals surface area contributed by atoms with Crippen LogP contribution >= 0.6 is 0 Å². The summed E-state index contributed by atoms with van der Waals surface area (Å²) >= 11 is 0. The van der Waals surface area contributed by atoms with Gasteiger partial charge in [-0.3, -0.25) is 9.69 Å². The molecule has 7 heteroatoms. The van der Waals surface area contributed by atoms with Crippen molar-refractivity contribution in [2.75, 3.05) is 51.3 Å². The lowest BCUT2D eigenvalue weighted by atomic mass is 10.2. The Bertz CT molecular complexity index is 717. The van der Waals surface area contributed by atoms with Crippen LogP contribution in [-0.4, -0.2) is 67.2 Å². The van der Waals surface area contributed by atoms with Gasteiger partial charge < -0.3 is 15.0 Å². The predicted octanol–water partition coefficient (Wildman–Crippen LogP) is 1.57. The maximum Gasteiger partial charge on any atom is 0.270 e. The van der Waals surface area contributed by atoms with Crippen molar-refractivity contribution in [3.63, 3.8) is 0 Å². The number of rotatable bonds is 8. The Morgan fingerprint density at radius 3 is 2.67 bits per heavy atom. The van der Waals surface area contributed by atoms with Gasteiger partial charge >= 0.3 is 0 Å². The Balaban J connectivity index is 1.51. The lowest BCUT2D eigenvalue weighted by Crippen LogP contribution is -2.46. The van der Waals surface area contributed by atoms with Crippen molar-refractivity contribution in [3.05, 3.63) is 53.9 Å². The van der Waals surface area contributed by atoms with Gasteiger partial charge in [-0.15, -0.1) is 0 Å². The fourth-order valence-electron chi connectivity index (χ4n) is 3.08. The van der Waals surface area contributed by atoms with E-state index in [0.717, 1.165) is 39.1 Å². The summed E-state index contributed by atoms with van der Waals surface area (Å²) in [4.78, 5) is 25.6. The molecule has 0 spiro atoms. The first-order chi connectivity index (χ1) is 13.3. The molecule has 0 atom stereocenters. The van der Waals surface area contributed by atoms with E-state index in [1.54, 1.807) is 19.4 Å². The van der Waals surface area contributed by atoms with Gasteiger partial charge in [0.2, 0.25) is 5.95 Å². The van der Waals surface area contributed by atoms with Gasteiger partial charge in [-0.25, -0.2) is 9.97 Å². The molecule has 1 aromatic carbocycles. The number of carbonyl (C=O) groups is 1. The molecule has 1 aliphatic rings. The van der Waals surface area contributed by atoms with Crippen LogP contribution in [0.25, 0.3) is 0 Å². The second kappa shape index (κ2) is 9.99. The Labute approximate surface area is 160 Å². The molecule has 0 radical (unpaired) electrons. The topological polar surface area (TPSA) is 70.6 Å². The minimum atomic E-state index is -0.169. The van der Waals surface area contributed by atoms with E-state index in [4.69, 9.17) is 4.74 Å². The molecule has 0 unspecified atom stereocenters. The number of amides is 1. The first kappa shape index (κ1) is 19.3. The Kier molecular flexibility index (Phi) is 7.12. The van der Waals surface area contributed by atoms with Crippen LogP contribution in [0.15, 0.2) is 42.6 Å². The molecule has 0 saturated carbocycles. The van der Waals surface area contributed by atoms with E-state index < -0.39 is 0 Å². The van der Waals surface area contributed by atoms with Gasteiger partial charge in [0.15, 0.2) is 0 Å². The predicted molar refractivity (Wildman–Crippen MR) is 105 cm³/mol. The average Bonchev–Trinajstić information content (AvgIpc) is 2.72. The SMILES string of the molecule is COCCCNC(=O)c1ccnc(N2CCN(Cc3ccccc3)CC2)n1. The standard InChI is InChI=1S/C20H27N5O2/c1-27-15-5-9-21-19(26)18-8-10-22-20(23-18)25-13-11-24(12-14-25)16-17-6-3-2-4-7-17/h2-4,6-8,10H,5,9,11-16H2,1H3,(H,21,26). The van der Waals surface area contributed by atoms with Gasteiger partial charge in [0.25, 0.3) is 5.91 Å². The van der Waals surface area contributed by atoms with Crippen LogP contribution < -0.4 is 10.2 Å².